The fraction of sp³-hybridized carbons (Fsp3) is 0.261. The lowest BCUT2D eigenvalue weighted by molar-refractivity contribution is -0.124. The highest BCUT2D eigenvalue weighted by atomic mass is 35.5. The first-order valence-corrected chi connectivity index (χ1v) is 10.6. The van der Waals surface area contributed by atoms with Crippen LogP contribution in [0.4, 0.5) is 11.5 Å². The van der Waals surface area contributed by atoms with Crippen LogP contribution in [-0.2, 0) is 22.6 Å². The third-order valence-electron chi connectivity index (χ3n) is 4.91. The van der Waals surface area contributed by atoms with Crippen LogP contribution in [0.2, 0.25) is 5.02 Å². The molecule has 2 aromatic carbocycles. The molecule has 0 spiro atoms. The second-order valence-corrected chi connectivity index (χ2v) is 7.70. The maximum Gasteiger partial charge on any atom is 0.330 e. The molecule has 174 valence electrons. The van der Waals surface area contributed by atoms with Gasteiger partial charge in [-0.1, -0.05) is 48.0 Å². The predicted molar refractivity (Wildman–Crippen MR) is 127 cm³/mol. The molecule has 1 amide bonds. The van der Waals surface area contributed by atoms with Crippen molar-refractivity contribution in [1.82, 2.24) is 9.55 Å². The SMILES string of the molecule is COCCn1c(N)c(N(Cc2ccccc2)C(=O)C(C)Oc2cccc(Cl)c2)c(=O)[nH]c1=O. The third-order valence-corrected chi connectivity index (χ3v) is 5.14. The summed E-state index contributed by atoms with van der Waals surface area (Å²) in [6, 6.07) is 15.7. The van der Waals surface area contributed by atoms with Crippen LogP contribution in [0.5, 0.6) is 5.75 Å². The molecule has 0 fully saturated rings. The number of benzene rings is 2. The molecule has 3 rings (SSSR count). The lowest BCUT2D eigenvalue weighted by Crippen LogP contribution is -2.45. The molecule has 3 aromatic rings. The fourth-order valence-electron chi connectivity index (χ4n) is 3.29. The molecule has 1 aromatic heterocycles. The number of hydrogen-bond acceptors (Lipinski definition) is 6. The topological polar surface area (TPSA) is 120 Å². The highest BCUT2D eigenvalue weighted by molar-refractivity contribution is 6.30. The van der Waals surface area contributed by atoms with Crippen LogP contribution in [-0.4, -0.2) is 35.3 Å². The first-order valence-electron chi connectivity index (χ1n) is 10.2. The van der Waals surface area contributed by atoms with E-state index < -0.39 is 23.3 Å². The van der Waals surface area contributed by atoms with Gasteiger partial charge in [0.1, 0.15) is 11.6 Å². The Balaban J connectivity index is 2.04. The van der Waals surface area contributed by atoms with Crippen LogP contribution in [0.15, 0.2) is 64.2 Å². The molecule has 0 aliphatic heterocycles. The summed E-state index contributed by atoms with van der Waals surface area (Å²) in [5.74, 6) is -0.261. The minimum Gasteiger partial charge on any atom is -0.481 e. The standard InChI is InChI=1S/C23H25ClN4O5/c1-15(33-18-10-6-9-17(24)13-18)22(30)28(14-16-7-4-3-5-8-16)19-20(25)27(11-12-32-2)23(31)26-21(19)29/h3-10,13,15H,11-12,14,25H2,1-2H3,(H,26,29,31). The summed E-state index contributed by atoms with van der Waals surface area (Å²) in [4.78, 5) is 42.1. The zero-order valence-corrected chi connectivity index (χ0v) is 19.0. The van der Waals surface area contributed by atoms with Gasteiger partial charge in [0.15, 0.2) is 11.8 Å². The Hall–Kier alpha value is -3.56. The van der Waals surface area contributed by atoms with Gasteiger partial charge in [-0.25, -0.2) is 4.79 Å². The van der Waals surface area contributed by atoms with Crippen molar-refractivity contribution in [1.29, 1.82) is 0 Å². The van der Waals surface area contributed by atoms with E-state index in [1.54, 1.807) is 31.2 Å². The summed E-state index contributed by atoms with van der Waals surface area (Å²) in [6.45, 7) is 1.90. The summed E-state index contributed by atoms with van der Waals surface area (Å²) in [7, 11) is 1.48. The number of amides is 1. The minimum absolute atomic E-state index is 0.0404. The first-order chi connectivity index (χ1) is 15.8. The van der Waals surface area contributed by atoms with E-state index in [0.29, 0.717) is 10.8 Å². The number of carbonyl (C=O) groups excluding carboxylic acids is 1. The smallest absolute Gasteiger partial charge is 0.330 e. The molecular formula is C23H25ClN4O5. The summed E-state index contributed by atoms with van der Waals surface area (Å²) < 4.78 is 12.0. The molecule has 0 radical (unpaired) electrons. The van der Waals surface area contributed by atoms with Gasteiger partial charge in [-0.15, -0.1) is 0 Å². The number of nitrogens with one attached hydrogen (secondary N) is 1. The van der Waals surface area contributed by atoms with E-state index in [1.165, 1.54) is 12.0 Å². The van der Waals surface area contributed by atoms with Crippen molar-refractivity contribution >= 4 is 29.0 Å². The molecular weight excluding hydrogens is 448 g/mol. The monoisotopic (exact) mass is 472 g/mol. The minimum atomic E-state index is -0.981. The number of anilines is 2. The number of nitrogens with zero attached hydrogens (tertiary/aromatic N) is 2. The molecule has 0 bridgehead atoms. The van der Waals surface area contributed by atoms with E-state index in [4.69, 9.17) is 26.8 Å². The number of rotatable bonds is 9. The Kier molecular flexibility index (Phi) is 7.92. The van der Waals surface area contributed by atoms with Crippen LogP contribution in [0.3, 0.4) is 0 Å². The van der Waals surface area contributed by atoms with E-state index in [1.807, 2.05) is 30.3 Å². The van der Waals surface area contributed by atoms with Crippen LogP contribution >= 0.6 is 11.6 Å². The number of ether oxygens (including phenoxy) is 2. The van der Waals surface area contributed by atoms with Crippen LogP contribution < -0.4 is 26.6 Å². The summed E-state index contributed by atoms with van der Waals surface area (Å²) in [5, 5.41) is 0.458. The number of carbonyl (C=O) groups is 1. The van der Waals surface area contributed by atoms with Crippen molar-refractivity contribution < 1.29 is 14.3 Å². The molecule has 0 saturated carbocycles. The molecule has 1 unspecified atom stereocenters. The zero-order chi connectivity index (χ0) is 24.0. The number of halogens is 1. The Morgan fingerprint density at radius 1 is 1.18 bits per heavy atom. The molecule has 0 aliphatic carbocycles. The van der Waals surface area contributed by atoms with Crippen molar-refractivity contribution in [3.05, 3.63) is 86.0 Å². The molecule has 1 atom stereocenters. The number of nitrogens with two attached hydrogens (primary N) is 1. The maximum absolute atomic E-state index is 13.5. The quantitative estimate of drug-likeness (QED) is 0.493. The average Bonchev–Trinajstić information content (AvgIpc) is 2.78. The van der Waals surface area contributed by atoms with Gasteiger partial charge in [0.2, 0.25) is 0 Å². The molecule has 3 N–H and O–H groups in total. The van der Waals surface area contributed by atoms with Gasteiger partial charge in [0.25, 0.3) is 11.5 Å². The van der Waals surface area contributed by atoms with Crippen molar-refractivity contribution in [3.63, 3.8) is 0 Å². The number of aromatic amines is 1. The Morgan fingerprint density at radius 2 is 1.91 bits per heavy atom. The van der Waals surface area contributed by atoms with E-state index in [0.717, 1.165) is 10.1 Å². The Labute approximate surface area is 195 Å². The summed E-state index contributed by atoms with van der Waals surface area (Å²) in [6.07, 6.45) is -0.981. The molecule has 1 heterocycles. The average molecular weight is 473 g/mol. The van der Waals surface area contributed by atoms with Crippen molar-refractivity contribution in [2.45, 2.75) is 26.1 Å². The zero-order valence-electron chi connectivity index (χ0n) is 18.3. The van der Waals surface area contributed by atoms with Gasteiger partial charge in [-0.05, 0) is 30.7 Å². The van der Waals surface area contributed by atoms with Crippen molar-refractivity contribution in [2.75, 3.05) is 24.4 Å². The largest absolute Gasteiger partial charge is 0.481 e. The maximum atomic E-state index is 13.5. The number of methoxy groups -OCH3 is 1. The number of H-pyrrole nitrogens is 1. The van der Waals surface area contributed by atoms with Gasteiger partial charge in [0.05, 0.1) is 19.7 Å². The number of nitrogen functional groups attached to an aromatic ring is 1. The van der Waals surface area contributed by atoms with Gasteiger partial charge in [-0.2, -0.15) is 0 Å². The van der Waals surface area contributed by atoms with Gasteiger partial charge in [-0.3, -0.25) is 24.0 Å². The highest BCUT2D eigenvalue weighted by Gasteiger charge is 2.29. The van der Waals surface area contributed by atoms with E-state index >= 15 is 0 Å². The highest BCUT2D eigenvalue weighted by Crippen LogP contribution is 2.23. The molecule has 0 aliphatic rings. The first kappa shape index (κ1) is 24.1. The second-order valence-electron chi connectivity index (χ2n) is 7.26. The van der Waals surface area contributed by atoms with Crippen LogP contribution in [0.25, 0.3) is 0 Å². The van der Waals surface area contributed by atoms with Crippen molar-refractivity contribution in [3.8, 4) is 5.75 Å². The normalized spacial score (nSPS) is 11.7. The predicted octanol–water partition coefficient (Wildman–Crippen LogP) is 2.42. The second kappa shape index (κ2) is 10.8. The Morgan fingerprint density at radius 3 is 2.58 bits per heavy atom. The van der Waals surface area contributed by atoms with Crippen molar-refractivity contribution in [2.24, 2.45) is 0 Å². The van der Waals surface area contributed by atoms with E-state index in [9.17, 15) is 14.4 Å². The molecule has 10 heteroatoms. The van der Waals surface area contributed by atoms with Gasteiger partial charge in [0, 0.05) is 12.1 Å². The van der Waals surface area contributed by atoms with E-state index in [-0.39, 0.29) is 31.2 Å². The van der Waals surface area contributed by atoms with E-state index in [2.05, 4.69) is 4.98 Å². The lowest BCUT2D eigenvalue weighted by atomic mass is 10.2. The van der Waals surface area contributed by atoms with Gasteiger partial charge < -0.3 is 15.2 Å². The van der Waals surface area contributed by atoms with Crippen LogP contribution in [0.1, 0.15) is 12.5 Å². The molecule has 0 saturated heterocycles. The lowest BCUT2D eigenvalue weighted by Gasteiger charge is -2.27. The van der Waals surface area contributed by atoms with Gasteiger partial charge >= 0.3 is 5.69 Å². The fourth-order valence-corrected chi connectivity index (χ4v) is 3.47. The summed E-state index contributed by atoms with van der Waals surface area (Å²) in [5.41, 5.74) is 5.39. The summed E-state index contributed by atoms with van der Waals surface area (Å²) >= 11 is 6.01. The molecule has 9 nitrogen and oxygen atoms in total. The third kappa shape index (κ3) is 5.82. The molecule has 33 heavy (non-hydrogen) atoms. The number of aromatic nitrogens is 2. The number of hydrogen-bond donors (Lipinski definition) is 2. The Bertz CT molecular complexity index is 1230. The van der Waals surface area contributed by atoms with Crippen LogP contribution in [0, 0.1) is 0 Å².